The molecule has 35 heavy (non-hydrogen) atoms. The topological polar surface area (TPSA) is 108 Å². The Bertz CT molecular complexity index is 930. The van der Waals surface area contributed by atoms with Crippen molar-refractivity contribution >= 4 is 23.6 Å². The fourth-order valence-electron chi connectivity index (χ4n) is 8.12. The van der Waals surface area contributed by atoms with Gasteiger partial charge >= 0.3 is 12.1 Å². The fourth-order valence-corrected chi connectivity index (χ4v) is 8.12. The van der Waals surface area contributed by atoms with Gasteiger partial charge in [-0.25, -0.2) is 4.79 Å². The van der Waals surface area contributed by atoms with Gasteiger partial charge in [0.25, 0.3) is 0 Å². The van der Waals surface area contributed by atoms with Gasteiger partial charge in [0, 0.05) is 25.4 Å². The highest BCUT2D eigenvalue weighted by Gasteiger charge is 2.59. The van der Waals surface area contributed by atoms with Gasteiger partial charge in [0.1, 0.15) is 6.54 Å². The number of ketones is 1. The lowest BCUT2D eigenvalue weighted by atomic mass is 9.46. The number of fused-ring (bicyclic) bond motifs is 5. The molecule has 0 unspecified atom stereocenters. The first kappa shape index (κ1) is 25.9. The summed E-state index contributed by atoms with van der Waals surface area (Å²) in [7, 11) is 1.75. The van der Waals surface area contributed by atoms with E-state index in [-0.39, 0.29) is 23.3 Å². The van der Waals surface area contributed by atoms with Crippen LogP contribution in [-0.2, 0) is 14.4 Å². The van der Waals surface area contributed by atoms with E-state index in [1.165, 1.54) is 12.0 Å². The molecule has 4 aliphatic rings. The minimum absolute atomic E-state index is 0.121. The number of carbonyl (C=O) groups excluding carboxylic acids is 2. The normalized spacial score (nSPS) is 36.5. The molecule has 4 aliphatic carbocycles. The molecule has 0 spiro atoms. The summed E-state index contributed by atoms with van der Waals surface area (Å²) in [6.45, 7) is 7.04. The van der Waals surface area contributed by atoms with E-state index in [1.807, 2.05) is 13.0 Å². The predicted octanol–water partition coefficient (Wildman–Crippen LogP) is 4.25. The summed E-state index contributed by atoms with van der Waals surface area (Å²) in [6.07, 6.45) is 9.58. The van der Waals surface area contributed by atoms with Crippen molar-refractivity contribution in [2.75, 3.05) is 26.7 Å². The van der Waals surface area contributed by atoms with E-state index in [0.717, 1.165) is 49.1 Å². The summed E-state index contributed by atoms with van der Waals surface area (Å²) in [4.78, 5) is 42.1. The van der Waals surface area contributed by atoms with Gasteiger partial charge in [0.15, 0.2) is 5.78 Å². The second kappa shape index (κ2) is 10.0. The molecular formula is C27H41N3O5. The van der Waals surface area contributed by atoms with Crippen molar-refractivity contribution in [2.45, 2.75) is 72.1 Å². The van der Waals surface area contributed by atoms with Crippen LogP contribution in [0.25, 0.3) is 0 Å². The summed E-state index contributed by atoms with van der Waals surface area (Å²) >= 11 is 0. The highest BCUT2D eigenvalue weighted by molar-refractivity contribution is 5.91. The summed E-state index contributed by atoms with van der Waals surface area (Å²) < 4.78 is 0. The van der Waals surface area contributed by atoms with Crippen LogP contribution in [0.1, 0.15) is 72.1 Å². The summed E-state index contributed by atoms with van der Waals surface area (Å²) in [5, 5.41) is 16.3. The molecule has 0 aromatic heterocycles. The van der Waals surface area contributed by atoms with Crippen LogP contribution in [0.3, 0.4) is 0 Å². The summed E-state index contributed by atoms with van der Waals surface area (Å²) in [5.41, 5.74) is 2.50. The number of allylic oxidation sites excluding steroid dienone is 1. The molecule has 4 rings (SSSR count). The zero-order chi connectivity index (χ0) is 25.4. The van der Waals surface area contributed by atoms with E-state index in [0.29, 0.717) is 36.5 Å². The van der Waals surface area contributed by atoms with Crippen molar-refractivity contribution in [1.29, 1.82) is 0 Å². The van der Waals surface area contributed by atoms with E-state index in [9.17, 15) is 14.4 Å². The van der Waals surface area contributed by atoms with Crippen LogP contribution in [0.15, 0.2) is 16.8 Å². The lowest BCUT2D eigenvalue weighted by molar-refractivity contribution is -0.138. The van der Waals surface area contributed by atoms with Crippen LogP contribution in [0.2, 0.25) is 0 Å². The molecule has 8 nitrogen and oxygen atoms in total. The molecule has 3 fully saturated rings. The number of amides is 1. The van der Waals surface area contributed by atoms with Gasteiger partial charge in [0.2, 0.25) is 0 Å². The first-order valence-corrected chi connectivity index (χ1v) is 13.2. The molecule has 0 aliphatic heterocycles. The first-order valence-electron chi connectivity index (χ1n) is 13.2. The van der Waals surface area contributed by atoms with E-state index in [1.54, 1.807) is 7.05 Å². The molecule has 0 heterocycles. The molecule has 6 atom stereocenters. The molecular weight excluding hydrogens is 446 g/mol. The van der Waals surface area contributed by atoms with Gasteiger partial charge in [0.05, 0.1) is 5.71 Å². The third-order valence-corrected chi connectivity index (χ3v) is 9.95. The largest absolute Gasteiger partial charge is 0.480 e. The van der Waals surface area contributed by atoms with Crippen LogP contribution < -0.4 is 5.32 Å². The average molecular weight is 488 g/mol. The van der Waals surface area contributed by atoms with Crippen molar-refractivity contribution in [1.82, 2.24) is 10.2 Å². The van der Waals surface area contributed by atoms with Gasteiger partial charge in [-0.3, -0.25) is 19.3 Å². The Kier molecular flexibility index (Phi) is 7.41. The molecule has 0 radical (unpaired) electrons. The Morgan fingerprint density at radius 3 is 2.66 bits per heavy atom. The molecule has 194 valence electrons. The van der Waals surface area contributed by atoms with Crippen LogP contribution in [0.5, 0.6) is 0 Å². The number of rotatable bonds is 7. The summed E-state index contributed by atoms with van der Waals surface area (Å²) in [6, 6.07) is 0. The number of hydrogen-bond donors (Lipinski definition) is 2. The smallest absolute Gasteiger partial charge is 0.436 e. The zero-order valence-electron chi connectivity index (χ0n) is 21.6. The van der Waals surface area contributed by atoms with Crippen molar-refractivity contribution in [3.63, 3.8) is 0 Å². The third kappa shape index (κ3) is 4.78. The third-order valence-electron chi connectivity index (χ3n) is 9.95. The highest BCUT2D eigenvalue weighted by Crippen LogP contribution is 2.66. The second-order valence-corrected chi connectivity index (χ2v) is 11.7. The van der Waals surface area contributed by atoms with Crippen LogP contribution >= 0.6 is 0 Å². The maximum absolute atomic E-state index is 12.5. The van der Waals surface area contributed by atoms with Crippen molar-refractivity contribution in [2.24, 2.45) is 39.7 Å². The van der Waals surface area contributed by atoms with E-state index >= 15 is 0 Å². The number of likely N-dealkylation sites (N-methyl/N-ethyl adjacent to an activating group) is 1. The Morgan fingerprint density at radius 2 is 1.94 bits per heavy atom. The number of carboxylic acids is 1. The van der Waals surface area contributed by atoms with Crippen molar-refractivity contribution in [3.05, 3.63) is 11.6 Å². The number of carboxylic acid groups (broad SMARTS) is 1. The minimum Gasteiger partial charge on any atom is -0.480 e. The monoisotopic (exact) mass is 487 g/mol. The number of aliphatic carboxylic acids is 1. The van der Waals surface area contributed by atoms with Crippen molar-refractivity contribution < 1.29 is 24.3 Å². The van der Waals surface area contributed by atoms with E-state index < -0.39 is 18.6 Å². The number of carbonyl (C=O) groups is 3. The molecule has 3 saturated carbocycles. The molecule has 8 heteroatoms. The lowest BCUT2D eigenvalue weighted by Gasteiger charge is -2.58. The number of nitrogens with zero attached hydrogens (tertiary/aromatic N) is 2. The SMILES string of the molecule is CNCCN(CC(=O)O)C(=O)O/N=C(\C)[C@H]1CC[C@H]2[C@@H]3CCC4=CC(=O)CC[C@]4(C)[C@H]3CC[C@]12C. The molecule has 1 amide bonds. The second-order valence-electron chi connectivity index (χ2n) is 11.7. The first-order chi connectivity index (χ1) is 16.6. The van der Waals surface area contributed by atoms with Gasteiger partial charge in [-0.05, 0) is 93.6 Å². The van der Waals surface area contributed by atoms with Gasteiger partial charge in [-0.1, -0.05) is 24.6 Å². The van der Waals surface area contributed by atoms with Crippen molar-refractivity contribution in [3.8, 4) is 0 Å². The standard InChI is InChI=1S/C27H41N3O5/c1-17(29-35-25(34)30(14-13-28-4)16-24(32)33)21-7-8-22-20-6-5-18-15-19(31)9-11-26(18,2)23(20)10-12-27(21,22)3/h15,20-23,28H,5-14,16H2,1-4H3,(H,32,33)/b29-17+/t20-,21+,22-,23-,26-,27+/m0/s1. The Balaban J connectivity index is 1.46. The quantitative estimate of drug-likeness (QED) is 0.316. The molecule has 0 aromatic carbocycles. The van der Waals surface area contributed by atoms with E-state index in [4.69, 9.17) is 9.94 Å². The molecule has 2 N–H and O–H groups in total. The van der Waals surface area contributed by atoms with Gasteiger partial charge in [-0.15, -0.1) is 0 Å². The maximum atomic E-state index is 12.5. The van der Waals surface area contributed by atoms with Crippen LogP contribution in [0.4, 0.5) is 4.79 Å². The highest BCUT2D eigenvalue weighted by atomic mass is 16.7. The van der Waals surface area contributed by atoms with Crippen LogP contribution in [0, 0.1) is 34.5 Å². The number of hydrogen-bond acceptors (Lipinski definition) is 6. The van der Waals surface area contributed by atoms with E-state index in [2.05, 4.69) is 24.3 Å². The Labute approximate surface area is 208 Å². The lowest BCUT2D eigenvalue weighted by Crippen LogP contribution is -2.51. The zero-order valence-corrected chi connectivity index (χ0v) is 21.6. The van der Waals surface area contributed by atoms with Crippen LogP contribution in [-0.4, -0.2) is 60.2 Å². The fraction of sp³-hybridized carbons (Fsp3) is 0.778. The number of oxime groups is 1. The Morgan fingerprint density at radius 1 is 1.17 bits per heavy atom. The minimum atomic E-state index is -1.08. The van der Waals surface area contributed by atoms with Gasteiger partial charge in [-0.2, -0.15) is 0 Å². The van der Waals surface area contributed by atoms with Gasteiger partial charge < -0.3 is 10.4 Å². The summed E-state index contributed by atoms with van der Waals surface area (Å²) in [5.74, 6) is 1.39. The molecule has 0 aromatic rings. The Hall–Kier alpha value is -2.22. The molecule has 0 saturated heterocycles. The average Bonchev–Trinajstić information content (AvgIpc) is 3.17. The number of nitrogens with one attached hydrogen (secondary N) is 1. The predicted molar refractivity (Wildman–Crippen MR) is 133 cm³/mol. The maximum Gasteiger partial charge on any atom is 0.436 e. The molecule has 0 bridgehead atoms.